The van der Waals surface area contributed by atoms with E-state index in [0.717, 1.165) is 5.56 Å². The van der Waals surface area contributed by atoms with Crippen LogP contribution in [-0.4, -0.2) is 23.3 Å². The molecule has 1 aliphatic heterocycles. The van der Waals surface area contributed by atoms with Gasteiger partial charge < -0.3 is 10.2 Å². The number of nitrogens with zero attached hydrogens (tertiary/aromatic N) is 2. The van der Waals surface area contributed by atoms with Gasteiger partial charge in [0.2, 0.25) is 11.8 Å². The fourth-order valence-corrected chi connectivity index (χ4v) is 3.09. The number of nitro benzene ring substituents is 1. The van der Waals surface area contributed by atoms with Crippen molar-refractivity contribution in [3.8, 4) is 0 Å². The first kappa shape index (κ1) is 17.6. The van der Waals surface area contributed by atoms with Crippen LogP contribution >= 0.6 is 0 Å². The molecule has 2 aromatic rings. The standard InChI is InChI=1S/C19H19N3O4/c1-13(14-5-3-2-4-6-14)20-18(23)12-21-17-9-8-16(22(25)26)11-15(17)7-10-19(21)24/h2-6,8-9,11,13H,7,10,12H2,1H3,(H,20,23). The van der Waals surface area contributed by atoms with Crippen molar-refractivity contribution >= 4 is 23.2 Å². The van der Waals surface area contributed by atoms with Crippen molar-refractivity contribution in [1.82, 2.24) is 5.32 Å². The number of hydrogen-bond acceptors (Lipinski definition) is 4. The average Bonchev–Trinajstić information content (AvgIpc) is 2.64. The number of aryl methyl sites for hydroxylation is 1. The predicted molar refractivity (Wildman–Crippen MR) is 96.8 cm³/mol. The zero-order chi connectivity index (χ0) is 18.7. The molecule has 0 bridgehead atoms. The van der Waals surface area contributed by atoms with E-state index in [1.54, 1.807) is 6.07 Å². The molecular weight excluding hydrogens is 334 g/mol. The molecule has 7 heteroatoms. The van der Waals surface area contributed by atoms with Gasteiger partial charge in [0.15, 0.2) is 0 Å². The Labute approximate surface area is 150 Å². The molecule has 1 unspecified atom stereocenters. The lowest BCUT2D eigenvalue weighted by Crippen LogP contribution is -2.43. The number of non-ortho nitro benzene ring substituents is 1. The van der Waals surface area contributed by atoms with Gasteiger partial charge in [0.1, 0.15) is 6.54 Å². The summed E-state index contributed by atoms with van der Waals surface area (Å²) in [5, 5.41) is 13.8. The molecule has 0 fully saturated rings. The van der Waals surface area contributed by atoms with Crippen LogP contribution in [0, 0.1) is 10.1 Å². The van der Waals surface area contributed by atoms with Gasteiger partial charge in [0.25, 0.3) is 5.69 Å². The van der Waals surface area contributed by atoms with Crippen LogP contribution in [0.3, 0.4) is 0 Å². The number of benzene rings is 2. The van der Waals surface area contributed by atoms with E-state index in [0.29, 0.717) is 17.7 Å². The summed E-state index contributed by atoms with van der Waals surface area (Å²) >= 11 is 0. The maximum absolute atomic E-state index is 12.4. The largest absolute Gasteiger partial charge is 0.348 e. The van der Waals surface area contributed by atoms with Crippen molar-refractivity contribution in [1.29, 1.82) is 0 Å². The summed E-state index contributed by atoms with van der Waals surface area (Å²) in [5.41, 5.74) is 2.24. The maximum atomic E-state index is 12.4. The predicted octanol–water partition coefficient (Wildman–Crippen LogP) is 2.75. The zero-order valence-corrected chi connectivity index (χ0v) is 14.3. The molecule has 2 aromatic carbocycles. The Kier molecular flexibility index (Phi) is 4.97. The van der Waals surface area contributed by atoms with E-state index in [2.05, 4.69) is 5.32 Å². The molecule has 3 rings (SSSR count). The lowest BCUT2D eigenvalue weighted by atomic mass is 10.0. The molecule has 1 N–H and O–H groups in total. The second-order valence-electron chi connectivity index (χ2n) is 6.25. The SMILES string of the molecule is CC(NC(=O)CN1C(=O)CCc2cc([N+](=O)[O-])ccc21)c1ccccc1. The first-order valence-corrected chi connectivity index (χ1v) is 8.37. The monoisotopic (exact) mass is 353 g/mol. The average molecular weight is 353 g/mol. The first-order chi connectivity index (χ1) is 12.5. The van der Waals surface area contributed by atoms with Gasteiger partial charge in [-0.25, -0.2) is 0 Å². The minimum absolute atomic E-state index is 0.0137. The third-order valence-corrected chi connectivity index (χ3v) is 4.45. The van der Waals surface area contributed by atoms with Crippen molar-refractivity contribution in [3.63, 3.8) is 0 Å². The van der Waals surface area contributed by atoms with Crippen molar-refractivity contribution in [2.75, 3.05) is 11.4 Å². The Balaban J connectivity index is 1.74. The van der Waals surface area contributed by atoms with E-state index in [1.807, 2.05) is 37.3 Å². The highest BCUT2D eigenvalue weighted by molar-refractivity contribution is 6.01. The highest BCUT2D eigenvalue weighted by Crippen LogP contribution is 2.30. The fourth-order valence-electron chi connectivity index (χ4n) is 3.09. The van der Waals surface area contributed by atoms with E-state index in [4.69, 9.17) is 0 Å². The highest BCUT2D eigenvalue weighted by Gasteiger charge is 2.27. The number of nitrogens with one attached hydrogen (secondary N) is 1. The van der Waals surface area contributed by atoms with E-state index in [1.165, 1.54) is 17.0 Å². The van der Waals surface area contributed by atoms with Gasteiger partial charge in [0.05, 0.1) is 11.0 Å². The molecule has 0 radical (unpaired) electrons. The Bertz CT molecular complexity index is 851. The third-order valence-electron chi connectivity index (χ3n) is 4.45. The van der Waals surface area contributed by atoms with Crippen LogP contribution in [0.25, 0.3) is 0 Å². The maximum Gasteiger partial charge on any atom is 0.269 e. The molecule has 1 atom stereocenters. The lowest BCUT2D eigenvalue weighted by Gasteiger charge is -2.29. The molecule has 0 spiro atoms. The summed E-state index contributed by atoms with van der Waals surface area (Å²) in [6.45, 7) is 1.77. The van der Waals surface area contributed by atoms with Gasteiger partial charge >= 0.3 is 0 Å². The molecule has 134 valence electrons. The van der Waals surface area contributed by atoms with Gasteiger partial charge in [-0.05, 0) is 30.5 Å². The summed E-state index contributed by atoms with van der Waals surface area (Å²) in [4.78, 5) is 36.6. The molecule has 0 aromatic heterocycles. The fraction of sp³-hybridized carbons (Fsp3) is 0.263. The van der Waals surface area contributed by atoms with E-state index in [-0.39, 0.29) is 36.5 Å². The van der Waals surface area contributed by atoms with E-state index < -0.39 is 4.92 Å². The molecule has 0 saturated carbocycles. The summed E-state index contributed by atoms with van der Waals surface area (Å²) < 4.78 is 0. The van der Waals surface area contributed by atoms with Gasteiger partial charge in [-0.1, -0.05) is 30.3 Å². The van der Waals surface area contributed by atoms with Crippen molar-refractivity contribution in [3.05, 3.63) is 69.8 Å². The van der Waals surface area contributed by atoms with Gasteiger partial charge in [-0.3, -0.25) is 19.7 Å². The summed E-state index contributed by atoms with van der Waals surface area (Å²) in [6, 6.07) is 13.7. The number of carbonyl (C=O) groups is 2. The number of hydrogen-bond donors (Lipinski definition) is 1. The van der Waals surface area contributed by atoms with Crippen LogP contribution in [0.1, 0.15) is 30.5 Å². The number of anilines is 1. The van der Waals surface area contributed by atoms with Gasteiger partial charge in [0, 0.05) is 24.2 Å². The zero-order valence-electron chi connectivity index (χ0n) is 14.3. The quantitative estimate of drug-likeness (QED) is 0.661. The van der Waals surface area contributed by atoms with Crippen LogP contribution in [0.2, 0.25) is 0 Å². The van der Waals surface area contributed by atoms with Crippen molar-refractivity contribution in [2.45, 2.75) is 25.8 Å². The molecule has 26 heavy (non-hydrogen) atoms. The van der Waals surface area contributed by atoms with Gasteiger partial charge in [-0.15, -0.1) is 0 Å². The molecule has 0 aliphatic carbocycles. The van der Waals surface area contributed by atoms with Gasteiger partial charge in [-0.2, -0.15) is 0 Å². The molecular formula is C19H19N3O4. The number of nitro groups is 1. The van der Waals surface area contributed by atoms with Crippen LogP contribution < -0.4 is 10.2 Å². The van der Waals surface area contributed by atoms with Crippen LogP contribution in [0.4, 0.5) is 11.4 Å². The number of carbonyl (C=O) groups excluding carboxylic acids is 2. The summed E-state index contributed by atoms with van der Waals surface area (Å²) in [5.74, 6) is -0.435. The summed E-state index contributed by atoms with van der Waals surface area (Å²) in [6.07, 6.45) is 0.671. The minimum Gasteiger partial charge on any atom is -0.348 e. The van der Waals surface area contributed by atoms with Crippen LogP contribution in [0.5, 0.6) is 0 Å². The summed E-state index contributed by atoms with van der Waals surface area (Å²) in [7, 11) is 0. The highest BCUT2D eigenvalue weighted by atomic mass is 16.6. The Hall–Kier alpha value is -3.22. The minimum atomic E-state index is -0.463. The van der Waals surface area contributed by atoms with Crippen LogP contribution in [0.15, 0.2) is 48.5 Å². The Morgan fingerprint density at radius 2 is 1.96 bits per heavy atom. The molecule has 1 aliphatic rings. The normalized spacial score (nSPS) is 14.5. The van der Waals surface area contributed by atoms with E-state index in [9.17, 15) is 19.7 Å². The lowest BCUT2D eigenvalue weighted by molar-refractivity contribution is -0.384. The van der Waals surface area contributed by atoms with E-state index >= 15 is 0 Å². The second kappa shape index (κ2) is 7.35. The van der Waals surface area contributed by atoms with Crippen molar-refractivity contribution < 1.29 is 14.5 Å². The first-order valence-electron chi connectivity index (χ1n) is 8.37. The number of fused-ring (bicyclic) bond motifs is 1. The Morgan fingerprint density at radius 1 is 1.23 bits per heavy atom. The number of rotatable bonds is 5. The van der Waals surface area contributed by atoms with Crippen LogP contribution in [-0.2, 0) is 16.0 Å². The molecule has 7 nitrogen and oxygen atoms in total. The molecule has 2 amide bonds. The molecule has 0 saturated heterocycles. The topological polar surface area (TPSA) is 92.6 Å². The second-order valence-corrected chi connectivity index (χ2v) is 6.25. The number of amides is 2. The smallest absolute Gasteiger partial charge is 0.269 e. The third kappa shape index (κ3) is 3.72. The Morgan fingerprint density at radius 3 is 2.65 bits per heavy atom. The molecule has 1 heterocycles. The van der Waals surface area contributed by atoms with Crippen molar-refractivity contribution in [2.24, 2.45) is 0 Å².